The van der Waals surface area contributed by atoms with E-state index in [1.807, 2.05) is 31.7 Å². The van der Waals surface area contributed by atoms with Gasteiger partial charge in [0, 0.05) is 25.4 Å². The van der Waals surface area contributed by atoms with Gasteiger partial charge in [-0.05, 0) is 0 Å². The first kappa shape index (κ1) is 14.0. The number of rotatable bonds is 4. The largest absolute Gasteiger partial charge is 0.396 e. The van der Waals surface area contributed by atoms with E-state index in [-0.39, 0.29) is 23.2 Å². The van der Waals surface area contributed by atoms with Crippen LogP contribution in [0.3, 0.4) is 0 Å². The molecule has 0 aliphatic rings. The van der Waals surface area contributed by atoms with Crippen LogP contribution in [0.5, 0.6) is 0 Å². The number of nitrogens with zero attached hydrogens (tertiary/aromatic N) is 4. The van der Waals surface area contributed by atoms with E-state index in [1.54, 1.807) is 6.20 Å². The number of anilines is 1. The van der Waals surface area contributed by atoms with Gasteiger partial charge < -0.3 is 15.6 Å². The Balaban J connectivity index is 2.13. The molecule has 0 aliphatic heterocycles. The second kappa shape index (κ2) is 5.68. The van der Waals surface area contributed by atoms with Gasteiger partial charge in [0.2, 0.25) is 0 Å². The number of imidazole rings is 1. The molecule has 0 unspecified atom stereocenters. The fourth-order valence-corrected chi connectivity index (χ4v) is 1.67. The van der Waals surface area contributed by atoms with Crippen molar-refractivity contribution in [1.82, 2.24) is 24.8 Å². The third-order valence-corrected chi connectivity index (χ3v) is 2.90. The summed E-state index contributed by atoms with van der Waals surface area (Å²) >= 11 is 0. The van der Waals surface area contributed by atoms with Gasteiger partial charge in [-0.2, -0.15) is 0 Å². The van der Waals surface area contributed by atoms with Crippen molar-refractivity contribution in [2.24, 2.45) is 7.05 Å². The Hall–Kier alpha value is -2.44. The van der Waals surface area contributed by atoms with E-state index in [0.717, 1.165) is 5.82 Å². The summed E-state index contributed by atoms with van der Waals surface area (Å²) in [6.07, 6.45) is 4.97. The van der Waals surface area contributed by atoms with Crippen LogP contribution in [0.2, 0.25) is 0 Å². The molecule has 2 aromatic heterocycles. The van der Waals surface area contributed by atoms with Crippen LogP contribution in [0, 0.1) is 0 Å². The standard InChI is InChI=1S/C13H18N6O/c1-8(2)12-16-6-9(14)11(18-12)13(20)17-7-10-15-4-5-19(10)3/h4-6,8H,7,14H2,1-3H3,(H,17,20). The maximum Gasteiger partial charge on any atom is 0.272 e. The number of nitrogen functional groups attached to an aromatic ring is 1. The summed E-state index contributed by atoms with van der Waals surface area (Å²) in [6, 6.07) is 0. The van der Waals surface area contributed by atoms with Crippen molar-refractivity contribution in [3.8, 4) is 0 Å². The van der Waals surface area contributed by atoms with E-state index >= 15 is 0 Å². The fraction of sp³-hybridized carbons (Fsp3) is 0.385. The predicted molar refractivity (Wildman–Crippen MR) is 74.9 cm³/mol. The summed E-state index contributed by atoms with van der Waals surface area (Å²) < 4.78 is 1.84. The number of aromatic nitrogens is 4. The molecule has 0 atom stereocenters. The second-order valence-electron chi connectivity index (χ2n) is 4.82. The molecule has 0 aromatic carbocycles. The molecule has 0 spiro atoms. The molecule has 106 valence electrons. The average Bonchev–Trinajstić information content (AvgIpc) is 2.81. The van der Waals surface area contributed by atoms with Gasteiger partial charge in [0.1, 0.15) is 11.6 Å². The monoisotopic (exact) mass is 274 g/mol. The highest BCUT2D eigenvalue weighted by atomic mass is 16.1. The summed E-state index contributed by atoms with van der Waals surface area (Å²) in [5, 5.41) is 2.76. The highest BCUT2D eigenvalue weighted by molar-refractivity contribution is 5.96. The Kier molecular flexibility index (Phi) is 3.97. The molecule has 7 heteroatoms. The van der Waals surface area contributed by atoms with Crippen molar-refractivity contribution >= 4 is 11.6 Å². The van der Waals surface area contributed by atoms with E-state index in [0.29, 0.717) is 12.4 Å². The van der Waals surface area contributed by atoms with Crippen LogP contribution in [0.25, 0.3) is 0 Å². The fourth-order valence-electron chi connectivity index (χ4n) is 1.67. The third-order valence-electron chi connectivity index (χ3n) is 2.90. The summed E-state index contributed by atoms with van der Waals surface area (Å²) in [6.45, 7) is 4.24. The van der Waals surface area contributed by atoms with Crippen molar-refractivity contribution in [3.05, 3.63) is 35.9 Å². The molecule has 2 aromatic rings. The van der Waals surface area contributed by atoms with E-state index in [2.05, 4.69) is 20.3 Å². The number of hydrogen-bond acceptors (Lipinski definition) is 5. The number of aryl methyl sites for hydroxylation is 1. The van der Waals surface area contributed by atoms with Crippen molar-refractivity contribution in [1.29, 1.82) is 0 Å². The lowest BCUT2D eigenvalue weighted by atomic mass is 10.2. The lowest BCUT2D eigenvalue weighted by Gasteiger charge is -2.09. The zero-order valence-electron chi connectivity index (χ0n) is 11.8. The summed E-state index contributed by atoms with van der Waals surface area (Å²) in [7, 11) is 1.87. The quantitative estimate of drug-likeness (QED) is 0.861. The van der Waals surface area contributed by atoms with Crippen LogP contribution in [-0.2, 0) is 13.6 Å². The molecule has 0 radical (unpaired) electrons. The molecule has 3 N–H and O–H groups in total. The van der Waals surface area contributed by atoms with E-state index in [4.69, 9.17) is 5.73 Å². The normalized spacial score (nSPS) is 10.8. The van der Waals surface area contributed by atoms with Crippen molar-refractivity contribution in [3.63, 3.8) is 0 Å². The average molecular weight is 274 g/mol. The molecule has 2 heterocycles. The Morgan fingerprint density at radius 1 is 1.45 bits per heavy atom. The maximum atomic E-state index is 12.1. The smallest absolute Gasteiger partial charge is 0.272 e. The van der Waals surface area contributed by atoms with E-state index in [1.165, 1.54) is 6.20 Å². The molecular formula is C13H18N6O. The van der Waals surface area contributed by atoms with Gasteiger partial charge >= 0.3 is 0 Å². The minimum atomic E-state index is -0.324. The first-order valence-corrected chi connectivity index (χ1v) is 6.36. The molecule has 0 bridgehead atoms. The molecule has 0 aliphatic carbocycles. The van der Waals surface area contributed by atoms with Crippen LogP contribution in [0.15, 0.2) is 18.6 Å². The van der Waals surface area contributed by atoms with Gasteiger partial charge in [-0.25, -0.2) is 15.0 Å². The number of carbonyl (C=O) groups is 1. The Bertz CT molecular complexity index is 619. The molecular weight excluding hydrogens is 256 g/mol. The summed E-state index contributed by atoms with van der Waals surface area (Å²) in [4.78, 5) is 24.6. The predicted octanol–water partition coefficient (Wildman–Crippen LogP) is 0.846. The molecule has 7 nitrogen and oxygen atoms in total. The Labute approximate surface area is 117 Å². The Morgan fingerprint density at radius 3 is 2.80 bits per heavy atom. The molecule has 0 fully saturated rings. The second-order valence-corrected chi connectivity index (χ2v) is 4.82. The zero-order chi connectivity index (χ0) is 14.7. The van der Waals surface area contributed by atoms with Gasteiger partial charge in [0.05, 0.1) is 18.4 Å². The lowest BCUT2D eigenvalue weighted by Crippen LogP contribution is -2.27. The molecule has 0 saturated heterocycles. The minimum Gasteiger partial charge on any atom is -0.396 e. The summed E-state index contributed by atoms with van der Waals surface area (Å²) in [5.74, 6) is 1.17. The first-order chi connectivity index (χ1) is 9.49. The van der Waals surface area contributed by atoms with Crippen LogP contribution in [-0.4, -0.2) is 25.4 Å². The Morgan fingerprint density at radius 2 is 2.20 bits per heavy atom. The number of carbonyl (C=O) groups excluding carboxylic acids is 1. The maximum absolute atomic E-state index is 12.1. The van der Waals surface area contributed by atoms with Gasteiger partial charge in [-0.15, -0.1) is 0 Å². The van der Waals surface area contributed by atoms with Crippen LogP contribution < -0.4 is 11.1 Å². The number of hydrogen-bond donors (Lipinski definition) is 2. The van der Waals surface area contributed by atoms with Crippen LogP contribution in [0.4, 0.5) is 5.69 Å². The highest BCUT2D eigenvalue weighted by Crippen LogP contribution is 2.13. The van der Waals surface area contributed by atoms with Crippen LogP contribution >= 0.6 is 0 Å². The third kappa shape index (κ3) is 2.93. The van der Waals surface area contributed by atoms with E-state index < -0.39 is 0 Å². The first-order valence-electron chi connectivity index (χ1n) is 6.36. The SMILES string of the molecule is CC(C)c1ncc(N)c(C(=O)NCc2nccn2C)n1. The molecule has 2 rings (SSSR count). The van der Waals surface area contributed by atoms with Crippen LogP contribution in [0.1, 0.15) is 41.9 Å². The molecule has 20 heavy (non-hydrogen) atoms. The lowest BCUT2D eigenvalue weighted by molar-refractivity contribution is 0.0945. The van der Waals surface area contributed by atoms with Crippen molar-refractivity contribution in [2.75, 3.05) is 5.73 Å². The summed E-state index contributed by atoms with van der Waals surface area (Å²) in [5.41, 5.74) is 6.24. The topological polar surface area (TPSA) is 98.7 Å². The number of nitrogens with two attached hydrogens (primary N) is 1. The molecule has 1 amide bonds. The van der Waals surface area contributed by atoms with Gasteiger partial charge in [-0.3, -0.25) is 4.79 Å². The molecule has 0 saturated carbocycles. The van der Waals surface area contributed by atoms with Crippen molar-refractivity contribution in [2.45, 2.75) is 26.3 Å². The number of amides is 1. The van der Waals surface area contributed by atoms with Gasteiger partial charge in [0.15, 0.2) is 5.69 Å². The zero-order valence-corrected chi connectivity index (χ0v) is 11.8. The minimum absolute atomic E-state index is 0.136. The van der Waals surface area contributed by atoms with E-state index in [9.17, 15) is 4.79 Å². The van der Waals surface area contributed by atoms with Gasteiger partial charge in [0.25, 0.3) is 5.91 Å². The van der Waals surface area contributed by atoms with Gasteiger partial charge in [-0.1, -0.05) is 13.8 Å². The number of nitrogens with one attached hydrogen (secondary N) is 1. The van der Waals surface area contributed by atoms with Crippen molar-refractivity contribution < 1.29 is 4.79 Å². The highest BCUT2D eigenvalue weighted by Gasteiger charge is 2.15.